The summed E-state index contributed by atoms with van der Waals surface area (Å²) < 4.78 is 10.4. The largest absolute Gasteiger partial charge is 0.497 e. The normalized spacial score (nSPS) is 12.0. The third kappa shape index (κ3) is 3.09. The van der Waals surface area contributed by atoms with Crippen LogP contribution in [-0.2, 0) is 0 Å². The second kappa shape index (κ2) is 6.72. The van der Waals surface area contributed by atoms with Gasteiger partial charge in [-0.05, 0) is 34.5 Å². The summed E-state index contributed by atoms with van der Waals surface area (Å²) in [6, 6.07) is 18.1. The van der Waals surface area contributed by atoms with E-state index in [1.54, 1.807) is 30.3 Å². The van der Waals surface area contributed by atoms with E-state index < -0.39 is 6.10 Å². The standard InChI is InChI=1S/C20H18O4/c1-23-17-10-16(11-18(12-17)24-2)20(22)19(21)15-8-7-13-5-3-4-6-14(13)9-15/h3-12,20,22H,1-2H3. The van der Waals surface area contributed by atoms with E-state index in [2.05, 4.69) is 0 Å². The molecular weight excluding hydrogens is 304 g/mol. The number of Topliss-reactive ketones (excluding diaryl/α,β-unsaturated/α-hetero) is 1. The van der Waals surface area contributed by atoms with Gasteiger partial charge in [-0.1, -0.05) is 36.4 Å². The number of carbonyl (C=O) groups excluding carboxylic acids is 1. The summed E-state index contributed by atoms with van der Waals surface area (Å²) in [5.74, 6) is 0.681. The van der Waals surface area contributed by atoms with E-state index >= 15 is 0 Å². The first-order valence-electron chi connectivity index (χ1n) is 7.56. The van der Waals surface area contributed by atoms with Gasteiger partial charge in [0.25, 0.3) is 0 Å². The Morgan fingerprint density at radius 1 is 0.875 bits per heavy atom. The molecule has 4 heteroatoms. The number of benzene rings is 3. The van der Waals surface area contributed by atoms with E-state index in [1.165, 1.54) is 14.2 Å². The Balaban J connectivity index is 1.96. The van der Waals surface area contributed by atoms with Gasteiger partial charge in [0.1, 0.15) is 17.6 Å². The monoisotopic (exact) mass is 322 g/mol. The Labute approximate surface area is 140 Å². The molecule has 1 atom stereocenters. The summed E-state index contributed by atoms with van der Waals surface area (Å²) in [7, 11) is 3.05. The van der Waals surface area contributed by atoms with Gasteiger partial charge in [-0.25, -0.2) is 0 Å². The van der Waals surface area contributed by atoms with Crippen LogP contribution in [0.3, 0.4) is 0 Å². The molecular formula is C20H18O4. The lowest BCUT2D eigenvalue weighted by Crippen LogP contribution is -2.12. The maximum atomic E-state index is 12.7. The van der Waals surface area contributed by atoms with Crippen molar-refractivity contribution < 1.29 is 19.4 Å². The van der Waals surface area contributed by atoms with Gasteiger partial charge in [-0.3, -0.25) is 4.79 Å². The van der Waals surface area contributed by atoms with Gasteiger partial charge in [-0.2, -0.15) is 0 Å². The van der Waals surface area contributed by atoms with Crippen LogP contribution in [0.5, 0.6) is 11.5 Å². The zero-order chi connectivity index (χ0) is 17.1. The summed E-state index contributed by atoms with van der Waals surface area (Å²) >= 11 is 0. The SMILES string of the molecule is COc1cc(OC)cc(C(O)C(=O)c2ccc3ccccc3c2)c1. The van der Waals surface area contributed by atoms with Crippen molar-refractivity contribution in [3.63, 3.8) is 0 Å². The maximum absolute atomic E-state index is 12.7. The van der Waals surface area contributed by atoms with Crippen LogP contribution in [0.15, 0.2) is 60.7 Å². The number of aliphatic hydroxyl groups is 1. The lowest BCUT2D eigenvalue weighted by atomic mass is 9.97. The molecule has 0 amide bonds. The van der Waals surface area contributed by atoms with Gasteiger partial charge in [-0.15, -0.1) is 0 Å². The van der Waals surface area contributed by atoms with E-state index in [0.29, 0.717) is 22.6 Å². The van der Waals surface area contributed by atoms with Crippen LogP contribution in [0.2, 0.25) is 0 Å². The van der Waals surface area contributed by atoms with Gasteiger partial charge in [0.05, 0.1) is 14.2 Å². The Kier molecular flexibility index (Phi) is 4.49. The highest BCUT2D eigenvalue weighted by Crippen LogP contribution is 2.29. The number of aliphatic hydroxyl groups excluding tert-OH is 1. The number of fused-ring (bicyclic) bond motifs is 1. The smallest absolute Gasteiger partial charge is 0.195 e. The number of methoxy groups -OCH3 is 2. The van der Waals surface area contributed by atoms with Crippen LogP contribution >= 0.6 is 0 Å². The zero-order valence-electron chi connectivity index (χ0n) is 13.5. The van der Waals surface area contributed by atoms with Crippen molar-refractivity contribution in [3.05, 3.63) is 71.8 Å². The first-order valence-corrected chi connectivity index (χ1v) is 7.56. The second-order valence-electron chi connectivity index (χ2n) is 5.47. The average Bonchev–Trinajstić information content (AvgIpc) is 2.65. The Morgan fingerprint density at radius 2 is 1.50 bits per heavy atom. The number of ketones is 1. The summed E-state index contributed by atoms with van der Waals surface area (Å²) in [5.41, 5.74) is 0.896. The van der Waals surface area contributed by atoms with Crippen molar-refractivity contribution in [2.75, 3.05) is 14.2 Å². The molecule has 0 aromatic heterocycles. The molecule has 122 valence electrons. The molecule has 0 aliphatic rings. The molecule has 0 heterocycles. The molecule has 3 rings (SSSR count). The van der Waals surface area contributed by atoms with Crippen molar-refractivity contribution in [2.45, 2.75) is 6.10 Å². The second-order valence-corrected chi connectivity index (χ2v) is 5.47. The third-order valence-corrected chi connectivity index (χ3v) is 3.97. The van der Waals surface area contributed by atoms with Crippen molar-refractivity contribution in [3.8, 4) is 11.5 Å². The van der Waals surface area contributed by atoms with Crippen LogP contribution < -0.4 is 9.47 Å². The zero-order valence-corrected chi connectivity index (χ0v) is 13.5. The molecule has 1 unspecified atom stereocenters. The molecule has 24 heavy (non-hydrogen) atoms. The molecule has 0 saturated carbocycles. The molecule has 0 radical (unpaired) electrons. The van der Waals surface area contributed by atoms with Crippen LogP contribution in [0.4, 0.5) is 0 Å². The molecule has 3 aromatic carbocycles. The van der Waals surface area contributed by atoms with Gasteiger partial charge >= 0.3 is 0 Å². The lowest BCUT2D eigenvalue weighted by molar-refractivity contribution is 0.0747. The first kappa shape index (κ1) is 16.0. The van der Waals surface area contributed by atoms with Crippen molar-refractivity contribution >= 4 is 16.6 Å². The molecule has 1 N–H and O–H groups in total. The van der Waals surface area contributed by atoms with Crippen LogP contribution in [0.25, 0.3) is 10.8 Å². The van der Waals surface area contributed by atoms with Gasteiger partial charge in [0.15, 0.2) is 5.78 Å². The highest BCUT2D eigenvalue weighted by Gasteiger charge is 2.21. The summed E-state index contributed by atoms with van der Waals surface area (Å²) in [5, 5.41) is 12.5. The minimum Gasteiger partial charge on any atom is -0.497 e. The predicted molar refractivity (Wildman–Crippen MR) is 92.8 cm³/mol. The number of hydrogen-bond acceptors (Lipinski definition) is 4. The van der Waals surface area contributed by atoms with Crippen molar-refractivity contribution in [1.29, 1.82) is 0 Å². The van der Waals surface area contributed by atoms with E-state index in [9.17, 15) is 9.90 Å². The molecule has 0 aliphatic heterocycles. The molecule has 0 aliphatic carbocycles. The summed E-state index contributed by atoms with van der Waals surface area (Å²) in [6.45, 7) is 0. The van der Waals surface area contributed by atoms with Gasteiger partial charge < -0.3 is 14.6 Å². The summed E-state index contributed by atoms with van der Waals surface area (Å²) in [4.78, 5) is 12.7. The molecule has 0 fully saturated rings. The minimum absolute atomic E-state index is 0.365. The van der Waals surface area contributed by atoms with Crippen molar-refractivity contribution in [2.24, 2.45) is 0 Å². The molecule has 3 aromatic rings. The highest BCUT2D eigenvalue weighted by molar-refractivity contribution is 6.02. The Bertz CT molecular complexity index is 863. The van der Waals surface area contributed by atoms with E-state index in [-0.39, 0.29) is 5.78 Å². The van der Waals surface area contributed by atoms with E-state index in [4.69, 9.17) is 9.47 Å². The Hall–Kier alpha value is -2.85. The van der Waals surface area contributed by atoms with Gasteiger partial charge in [0.2, 0.25) is 0 Å². The molecule has 4 nitrogen and oxygen atoms in total. The number of ether oxygens (including phenoxy) is 2. The lowest BCUT2D eigenvalue weighted by Gasteiger charge is -2.13. The molecule has 0 saturated heterocycles. The Morgan fingerprint density at radius 3 is 2.12 bits per heavy atom. The number of rotatable bonds is 5. The fraction of sp³-hybridized carbons (Fsp3) is 0.150. The van der Waals surface area contributed by atoms with Crippen LogP contribution in [0, 0.1) is 0 Å². The number of carbonyl (C=O) groups is 1. The molecule has 0 spiro atoms. The predicted octanol–water partition coefficient (Wildman–Crippen LogP) is 3.77. The number of hydrogen-bond donors (Lipinski definition) is 1. The van der Waals surface area contributed by atoms with E-state index in [1.807, 2.05) is 30.3 Å². The topological polar surface area (TPSA) is 55.8 Å². The van der Waals surface area contributed by atoms with Gasteiger partial charge in [0, 0.05) is 11.6 Å². The molecule has 0 bridgehead atoms. The van der Waals surface area contributed by atoms with Crippen LogP contribution in [-0.4, -0.2) is 25.1 Å². The summed E-state index contributed by atoms with van der Waals surface area (Å²) in [6.07, 6.45) is -1.28. The maximum Gasteiger partial charge on any atom is 0.195 e. The first-order chi connectivity index (χ1) is 11.6. The van der Waals surface area contributed by atoms with E-state index in [0.717, 1.165) is 10.8 Å². The fourth-order valence-corrected chi connectivity index (χ4v) is 2.64. The average molecular weight is 322 g/mol. The van der Waals surface area contributed by atoms with Crippen LogP contribution in [0.1, 0.15) is 22.0 Å². The fourth-order valence-electron chi connectivity index (χ4n) is 2.64. The minimum atomic E-state index is -1.28. The third-order valence-electron chi connectivity index (χ3n) is 3.97. The van der Waals surface area contributed by atoms with Crippen molar-refractivity contribution in [1.82, 2.24) is 0 Å². The quantitative estimate of drug-likeness (QED) is 0.727. The highest BCUT2D eigenvalue weighted by atomic mass is 16.5.